The van der Waals surface area contributed by atoms with Gasteiger partial charge < -0.3 is 25.0 Å². The van der Waals surface area contributed by atoms with Gasteiger partial charge in [0.25, 0.3) is 0 Å². The molecule has 2 rings (SSSR count). The maximum atomic E-state index is 11.6. The predicted molar refractivity (Wildman–Crippen MR) is 76.2 cm³/mol. The van der Waals surface area contributed by atoms with Gasteiger partial charge in [-0.25, -0.2) is 4.79 Å². The van der Waals surface area contributed by atoms with Gasteiger partial charge in [0.15, 0.2) is 0 Å². The molecule has 9 heteroatoms. The third-order valence-electron chi connectivity index (χ3n) is 2.98. The van der Waals surface area contributed by atoms with Crippen LogP contribution in [0, 0.1) is 0 Å². The summed E-state index contributed by atoms with van der Waals surface area (Å²) < 4.78 is 10.2. The summed E-state index contributed by atoms with van der Waals surface area (Å²) in [7, 11) is 0. The lowest BCUT2D eigenvalue weighted by atomic mass is 10.3. The summed E-state index contributed by atoms with van der Waals surface area (Å²) >= 11 is 0. The number of rotatable bonds is 4. The molecule has 1 aliphatic rings. The number of ether oxygens (including phenoxy) is 2. The zero-order valence-corrected chi connectivity index (χ0v) is 12.3. The van der Waals surface area contributed by atoms with Gasteiger partial charge in [0.05, 0.1) is 13.2 Å². The lowest BCUT2D eigenvalue weighted by Gasteiger charge is -2.33. The molecule has 2 N–H and O–H groups in total. The van der Waals surface area contributed by atoms with Crippen LogP contribution >= 0.6 is 0 Å². The van der Waals surface area contributed by atoms with E-state index in [1.807, 2.05) is 11.8 Å². The molecule has 0 aromatic carbocycles. The Labute approximate surface area is 123 Å². The Kier molecular flexibility index (Phi) is 4.96. The molecular formula is C12H20N6O3. The van der Waals surface area contributed by atoms with Crippen molar-refractivity contribution in [3.05, 3.63) is 0 Å². The Morgan fingerprint density at radius 3 is 2.48 bits per heavy atom. The maximum Gasteiger partial charge on any atom is 0.409 e. The van der Waals surface area contributed by atoms with E-state index < -0.39 is 0 Å². The van der Waals surface area contributed by atoms with Crippen LogP contribution in [0.1, 0.15) is 13.8 Å². The smallest absolute Gasteiger partial charge is 0.409 e. The quantitative estimate of drug-likeness (QED) is 0.835. The molecule has 1 saturated heterocycles. The molecule has 1 amide bonds. The highest BCUT2D eigenvalue weighted by Gasteiger charge is 2.24. The number of hydrogen-bond donors (Lipinski definition) is 1. The van der Waals surface area contributed by atoms with Gasteiger partial charge in [-0.3, -0.25) is 0 Å². The molecule has 0 bridgehead atoms. The van der Waals surface area contributed by atoms with Crippen molar-refractivity contribution in [2.24, 2.45) is 0 Å². The van der Waals surface area contributed by atoms with E-state index in [9.17, 15) is 4.79 Å². The minimum absolute atomic E-state index is 0.122. The molecule has 21 heavy (non-hydrogen) atoms. The van der Waals surface area contributed by atoms with Gasteiger partial charge in [0, 0.05) is 26.2 Å². The summed E-state index contributed by atoms with van der Waals surface area (Å²) in [6.45, 7) is 6.78. The molecule has 1 aromatic heterocycles. The molecule has 0 aliphatic carbocycles. The van der Waals surface area contributed by atoms with Crippen LogP contribution in [0.2, 0.25) is 0 Å². The third-order valence-corrected chi connectivity index (χ3v) is 2.98. The molecule has 9 nitrogen and oxygen atoms in total. The first kappa shape index (κ1) is 15.1. The molecule has 1 aromatic rings. The summed E-state index contributed by atoms with van der Waals surface area (Å²) in [4.78, 5) is 27.5. The Morgan fingerprint density at radius 2 is 1.86 bits per heavy atom. The highest BCUT2D eigenvalue weighted by atomic mass is 16.6. The molecule has 0 unspecified atom stereocenters. The summed E-state index contributed by atoms with van der Waals surface area (Å²) in [5.74, 6) is 0.589. The van der Waals surface area contributed by atoms with E-state index in [1.165, 1.54) is 0 Å². The highest BCUT2D eigenvalue weighted by Crippen LogP contribution is 2.15. The van der Waals surface area contributed by atoms with E-state index >= 15 is 0 Å². The van der Waals surface area contributed by atoms with Gasteiger partial charge >= 0.3 is 12.1 Å². The molecule has 1 aliphatic heterocycles. The van der Waals surface area contributed by atoms with Gasteiger partial charge in [-0.2, -0.15) is 15.0 Å². The summed E-state index contributed by atoms with van der Waals surface area (Å²) in [6.07, 6.45) is -0.290. The zero-order chi connectivity index (χ0) is 15.2. The van der Waals surface area contributed by atoms with E-state index in [-0.39, 0.29) is 18.1 Å². The summed E-state index contributed by atoms with van der Waals surface area (Å²) in [5.41, 5.74) is 5.66. The molecule has 2 heterocycles. The first-order valence-electron chi connectivity index (χ1n) is 6.95. The summed E-state index contributed by atoms with van der Waals surface area (Å²) in [5, 5.41) is 0. The van der Waals surface area contributed by atoms with Crippen LogP contribution in [0.4, 0.5) is 16.7 Å². The minimum atomic E-state index is -0.290. The first-order chi connectivity index (χ1) is 10.1. The normalized spacial score (nSPS) is 15.0. The zero-order valence-electron chi connectivity index (χ0n) is 12.3. The lowest BCUT2D eigenvalue weighted by Crippen LogP contribution is -2.49. The first-order valence-corrected chi connectivity index (χ1v) is 6.95. The standard InChI is InChI=1S/C12H20N6O3/c1-3-20-11-15-9(13)14-10(16-11)17-5-7-18(8-6-17)12(19)21-4-2/h3-8H2,1-2H3,(H2,13,14,15,16). The number of nitrogen functional groups attached to an aromatic ring is 1. The number of hydrogen-bond acceptors (Lipinski definition) is 8. The fraction of sp³-hybridized carbons (Fsp3) is 0.667. The molecule has 0 radical (unpaired) electrons. The number of piperazine rings is 1. The lowest BCUT2D eigenvalue weighted by molar-refractivity contribution is 0.105. The molecule has 0 spiro atoms. The monoisotopic (exact) mass is 296 g/mol. The van der Waals surface area contributed by atoms with E-state index in [2.05, 4.69) is 15.0 Å². The minimum Gasteiger partial charge on any atom is -0.464 e. The Hall–Kier alpha value is -2.32. The number of carbonyl (C=O) groups is 1. The van der Waals surface area contributed by atoms with Crippen molar-refractivity contribution >= 4 is 18.0 Å². The Bertz CT molecular complexity index is 490. The molecular weight excluding hydrogens is 276 g/mol. The number of amides is 1. The molecule has 1 fully saturated rings. The number of carbonyl (C=O) groups excluding carboxylic acids is 1. The van der Waals surface area contributed by atoms with Gasteiger partial charge in [0.1, 0.15) is 0 Å². The van der Waals surface area contributed by atoms with Gasteiger partial charge in [-0.15, -0.1) is 0 Å². The van der Waals surface area contributed by atoms with Crippen LogP contribution in [0.5, 0.6) is 6.01 Å². The topological polar surface area (TPSA) is 107 Å². The van der Waals surface area contributed by atoms with E-state index in [4.69, 9.17) is 15.2 Å². The van der Waals surface area contributed by atoms with Crippen molar-refractivity contribution in [2.75, 3.05) is 50.0 Å². The second kappa shape index (κ2) is 6.91. The molecule has 0 saturated carbocycles. The van der Waals surface area contributed by atoms with E-state index in [0.717, 1.165) is 0 Å². The Morgan fingerprint density at radius 1 is 1.14 bits per heavy atom. The number of nitrogens with zero attached hydrogens (tertiary/aromatic N) is 5. The highest BCUT2D eigenvalue weighted by molar-refractivity contribution is 5.68. The van der Waals surface area contributed by atoms with Gasteiger partial charge in [0.2, 0.25) is 11.9 Å². The SMILES string of the molecule is CCOC(=O)N1CCN(c2nc(N)nc(OCC)n2)CC1. The number of nitrogens with two attached hydrogens (primary N) is 1. The van der Waals surface area contributed by atoms with Crippen LogP contribution in [0.3, 0.4) is 0 Å². The van der Waals surface area contributed by atoms with Crippen molar-refractivity contribution in [3.8, 4) is 6.01 Å². The van der Waals surface area contributed by atoms with Crippen molar-refractivity contribution in [3.63, 3.8) is 0 Å². The Balaban J connectivity index is 2.00. The number of aromatic nitrogens is 3. The van der Waals surface area contributed by atoms with Crippen LogP contribution < -0.4 is 15.4 Å². The van der Waals surface area contributed by atoms with Crippen molar-refractivity contribution in [2.45, 2.75) is 13.8 Å². The maximum absolute atomic E-state index is 11.6. The van der Waals surface area contributed by atoms with Crippen LogP contribution in [-0.2, 0) is 4.74 Å². The fourth-order valence-corrected chi connectivity index (χ4v) is 2.00. The molecule has 0 atom stereocenters. The average Bonchev–Trinajstić information content (AvgIpc) is 2.47. The van der Waals surface area contributed by atoms with Crippen LogP contribution in [0.25, 0.3) is 0 Å². The fourth-order valence-electron chi connectivity index (χ4n) is 2.00. The van der Waals surface area contributed by atoms with Crippen molar-refractivity contribution in [1.82, 2.24) is 19.9 Å². The average molecular weight is 296 g/mol. The van der Waals surface area contributed by atoms with Crippen LogP contribution in [-0.4, -0.2) is 65.3 Å². The van der Waals surface area contributed by atoms with Gasteiger partial charge in [-0.1, -0.05) is 0 Å². The van der Waals surface area contributed by atoms with E-state index in [1.54, 1.807) is 11.8 Å². The van der Waals surface area contributed by atoms with Gasteiger partial charge in [-0.05, 0) is 13.8 Å². The second-order valence-corrected chi connectivity index (χ2v) is 4.38. The molecule has 116 valence electrons. The third kappa shape index (κ3) is 3.83. The number of anilines is 2. The largest absolute Gasteiger partial charge is 0.464 e. The summed E-state index contributed by atoms with van der Waals surface area (Å²) in [6, 6.07) is 0.216. The van der Waals surface area contributed by atoms with Crippen LogP contribution in [0.15, 0.2) is 0 Å². The van der Waals surface area contributed by atoms with Crippen molar-refractivity contribution in [1.29, 1.82) is 0 Å². The second-order valence-electron chi connectivity index (χ2n) is 4.38. The van der Waals surface area contributed by atoms with E-state index in [0.29, 0.717) is 45.3 Å². The van der Waals surface area contributed by atoms with Crippen molar-refractivity contribution < 1.29 is 14.3 Å². The predicted octanol–water partition coefficient (Wildman–Crippen LogP) is 0.131.